The SMILES string of the molecule is COC[C@H]1Cn2cc(-c3nc(Nc4ccnn4C)ncc3C(F)(F)F)cc2C(=O)N1Cc1cc(F)ccc1CO. The molecule has 1 aliphatic rings. The molecule has 40 heavy (non-hydrogen) atoms. The summed E-state index contributed by atoms with van der Waals surface area (Å²) in [6.45, 7) is -0.0366. The lowest BCUT2D eigenvalue weighted by Gasteiger charge is -2.36. The van der Waals surface area contributed by atoms with Gasteiger partial charge in [0.1, 0.15) is 22.9 Å². The molecule has 4 aromatic rings. The van der Waals surface area contributed by atoms with Gasteiger partial charge in [0.15, 0.2) is 0 Å². The van der Waals surface area contributed by atoms with Crippen LogP contribution in [0.2, 0.25) is 0 Å². The molecule has 0 unspecified atom stereocenters. The zero-order valence-corrected chi connectivity index (χ0v) is 21.5. The number of halogens is 4. The van der Waals surface area contributed by atoms with Crippen LogP contribution >= 0.6 is 0 Å². The summed E-state index contributed by atoms with van der Waals surface area (Å²) in [6.07, 6.45) is -1.11. The molecule has 210 valence electrons. The van der Waals surface area contributed by atoms with Gasteiger partial charge in [0.05, 0.1) is 31.1 Å². The van der Waals surface area contributed by atoms with Crippen molar-refractivity contribution in [2.24, 2.45) is 7.05 Å². The molecule has 14 heteroatoms. The number of alkyl halides is 3. The molecule has 2 N–H and O–H groups in total. The molecule has 0 fully saturated rings. The highest BCUT2D eigenvalue weighted by Crippen LogP contribution is 2.38. The van der Waals surface area contributed by atoms with E-state index in [1.165, 1.54) is 53.4 Å². The van der Waals surface area contributed by atoms with Crippen LogP contribution in [0.3, 0.4) is 0 Å². The lowest BCUT2D eigenvalue weighted by molar-refractivity contribution is -0.137. The van der Waals surface area contributed by atoms with E-state index in [4.69, 9.17) is 4.74 Å². The van der Waals surface area contributed by atoms with Crippen molar-refractivity contribution in [3.05, 3.63) is 77.1 Å². The number of rotatable bonds is 8. The molecule has 1 aromatic carbocycles. The van der Waals surface area contributed by atoms with Crippen molar-refractivity contribution >= 4 is 17.7 Å². The van der Waals surface area contributed by atoms with Crippen LogP contribution in [-0.4, -0.2) is 60.0 Å². The molecule has 4 heterocycles. The van der Waals surface area contributed by atoms with E-state index in [0.717, 1.165) is 0 Å². The van der Waals surface area contributed by atoms with Gasteiger partial charge in [-0.1, -0.05) is 6.07 Å². The predicted molar refractivity (Wildman–Crippen MR) is 135 cm³/mol. The van der Waals surface area contributed by atoms with Crippen LogP contribution in [0.15, 0.2) is 48.9 Å². The molecule has 1 aliphatic heterocycles. The number of nitrogens with one attached hydrogen (secondary N) is 1. The van der Waals surface area contributed by atoms with Gasteiger partial charge in [0.2, 0.25) is 5.95 Å². The van der Waals surface area contributed by atoms with Crippen molar-refractivity contribution in [3.63, 3.8) is 0 Å². The number of ether oxygens (including phenoxy) is 1. The number of anilines is 2. The van der Waals surface area contributed by atoms with Gasteiger partial charge >= 0.3 is 6.18 Å². The number of fused-ring (bicyclic) bond motifs is 1. The number of aromatic nitrogens is 5. The Kier molecular flexibility index (Phi) is 7.29. The zero-order chi connectivity index (χ0) is 28.6. The fraction of sp³-hybridized carbons (Fsp3) is 0.308. The quantitative estimate of drug-likeness (QED) is 0.317. The third kappa shape index (κ3) is 5.27. The van der Waals surface area contributed by atoms with Gasteiger partial charge in [0.25, 0.3) is 5.91 Å². The lowest BCUT2D eigenvalue weighted by atomic mass is 10.0. The molecule has 1 atom stereocenters. The molecular weight excluding hydrogens is 534 g/mol. The summed E-state index contributed by atoms with van der Waals surface area (Å²) in [6, 6.07) is 6.36. The highest BCUT2D eigenvalue weighted by atomic mass is 19.4. The Morgan fingerprint density at radius 3 is 2.67 bits per heavy atom. The van der Waals surface area contributed by atoms with Gasteiger partial charge < -0.3 is 24.6 Å². The number of carbonyl (C=O) groups excluding carboxylic acids is 1. The normalized spacial score (nSPS) is 15.4. The Hall–Kier alpha value is -4.30. The Morgan fingerprint density at radius 1 is 1.20 bits per heavy atom. The van der Waals surface area contributed by atoms with Crippen LogP contribution in [0.1, 0.15) is 27.2 Å². The van der Waals surface area contributed by atoms with E-state index in [9.17, 15) is 27.5 Å². The van der Waals surface area contributed by atoms with E-state index in [-0.39, 0.29) is 43.5 Å². The Morgan fingerprint density at radius 2 is 2.00 bits per heavy atom. The van der Waals surface area contributed by atoms with E-state index in [0.29, 0.717) is 23.1 Å². The maximum absolute atomic E-state index is 14.0. The first-order chi connectivity index (χ1) is 19.1. The number of aryl methyl sites for hydroxylation is 1. The molecule has 0 saturated carbocycles. The van der Waals surface area contributed by atoms with Gasteiger partial charge in [-0.3, -0.25) is 9.48 Å². The fourth-order valence-electron chi connectivity index (χ4n) is 4.70. The van der Waals surface area contributed by atoms with Gasteiger partial charge in [-0.05, 0) is 29.3 Å². The molecule has 0 radical (unpaired) electrons. The number of aliphatic hydroxyl groups is 1. The summed E-state index contributed by atoms with van der Waals surface area (Å²) >= 11 is 0. The number of methoxy groups -OCH3 is 1. The predicted octanol–water partition coefficient (Wildman–Crippen LogP) is 3.74. The summed E-state index contributed by atoms with van der Waals surface area (Å²) in [5.74, 6) is -0.619. The van der Waals surface area contributed by atoms with Crippen molar-refractivity contribution in [1.82, 2.24) is 29.2 Å². The standard InChI is InChI=1S/C26H25F4N7O3/c1-35-22(5-6-32-35)33-25-31-9-20(26(28,29)30)23(34-25)17-8-21-24(39)37(19(14-40-2)12-36(21)10-17)11-16-7-18(27)4-3-15(16)13-38/h3-10,19,38H,11-14H2,1-2H3,(H,31,33,34)/t19-/m1/s1. The average Bonchev–Trinajstić information content (AvgIpc) is 3.52. The number of hydrogen-bond donors (Lipinski definition) is 2. The number of benzene rings is 1. The molecule has 0 spiro atoms. The number of amides is 1. The van der Waals surface area contributed by atoms with Crippen molar-refractivity contribution in [2.75, 3.05) is 19.0 Å². The molecule has 5 rings (SSSR count). The van der Waals surface area contributed by atoms with Crippen LogP contribution in [0.25, 0.3) is 11.3 Å². The van der Waals surface area contributed by atoms with Crippen LogP contribution in [0.4, 0.5) is 29.3 Å². The van der Waals surface area contributed by atoms with E-state index in [1.807, 2.05) is 0 Å². The van der Waals surface area contributed by atoms with Crippen LogP contribution in [0, 0.1) is 5.82 Å². The first kappa shape index (κ1) is 27.3. The fourth-order valence-corrected chi connectivity index (χ4v) is 4.70. The maximum Gasteiger partial charge on any atom is 0.419 e. The summed E-state index contributed by atoms with van der Waals surface area (Å²) in [7, 11) is 3.12. The smallest absolute Gasteiger partial charge is 0.392 e. The maximum atomic E-state index is 14.0. The second-order valence-corrected chi connectivity index (χ2v) is 9.30. The van der Waals surface area contributed by atoms with Gasteiger partial charge in [-0.15, -0.1) is 0 Å². The molecule has 0 saturated heterocycles. The van der Waals surface area contributed by atoms with E-state index < -0.39 is 35.2 Å². The Labute approximate surface area is 225 Å². The van der Waals surface area contributed by atoms with E-state index in [2.05, 4.69) is 20.4 Å². The highest BCUT2D eigenvalue weighted by Gasteiger charge is 2.38. The number of hydrogen-bond acceptors (Lipinski definition) is 7. The third-order valence-corrected chi connectivity index (χ3v) is 6.69. The Balaban J connectivity index is 1.54. The number of aliphatic hydroxyl groups excluding tert-OH is 1. The topological polar surface area (TPSA) is 110 Å². The minimum Gasteiger partial charge on any atom is -0.392 e. The summed E-state index contributed by atoms with van der Waals surface area (Å²) in [5.41, 5.74) is -0.377. The van der Waals surface area contributed by atoms with Crippen molar-refractivity contribution in [2.45, 2.75) is 31.9 Å². The van der Waals surface area contributed by atoms with Crippen LogP contribution in [-0.2, 0) is 37.7 Å². The average molecular weight is 560 g/mol. The lowest BCUT2D eigenvalue weighted by Crippen LogP contribution is -2.49. The Bertz CT molecular complexity index is 1550. The minimum absolute atomic E-state index is 0.0267. The molecule has 10 nitrogen and oxygen atoms in total. The summed E-state index contributed by atoms with van der Waals surface area (Å²) < 4.78 is 64.3. The van der Waals surface area contributed by atoms with Gasteiger partial charge in [-0.2, -0.15) is 18.3 Å². The molecule has 0 aliphatic carbocycles. The third-order valence-electron chi connectivity index (χ3n) is 6.69. The van der Waals surface area contributed by atoms with Crippen LogP contribution < -0.4 is 5.32 Å². The van der Waals surface area contributed by atoms with Gasteiger partial charge in [-0.25, -0.2) is 14.4 Å². The summed E-state index contributed by atoms with van der Waals surface area (Å²) in [4.78, 5) is 23.1. The second-order valence-electron chi connectivity index (χ2n) is 9.30. The largest absolute Gasteiger partial charge is 0.419 e. The number of nitrogens with zero attached hydrogens (tertiary/aromatic N) is 6. The zero-order valence-electron chi connectivity index (χ0n) is 21.5. The van der Waals surface area contributed by atoms with Gasteiger partial charge in [0, 0.05) is 51.3 Å². The molecular formula is C26H25F4N7O3. The molecule has 0 bridgehead atoms. The monoisotopic (exact) mass is 559 g/mol. The first-order valence-electron chi connectivity index (χ1n) is 12.2. The van der Waals surface area contributed by atoms with E-state index in [1.54, 1.807) is 17.7 Å². The van der Waals surface area contributed by atoms with Crippen LogP contribution in [0.5, 0.6) is 0 Å². The highest BCUT2D eigenvalue weighted by molar-refractivity contribution is 5.95. The molecule has 3 aromatic heterocycles. The van der Waals surface area contributed by atoms with Crippen molar-refractivity contribution in [3.8, 4) is 11.3 Å². The summed E-state index contributed by atoms with van der Waals surface area (Å²) in [5, 5.41) is 16.6. The van der Waals surface area contributed by atoms with Crippen molar-refractivity contribution < 1.29 is 32.2 Å². The first-order valence-corrected chi connectivity index (χ1v) is 12.2. The number of carbonyl (C=O) groups is 1. The minimum atomic E-state index is -4.75. The molecule has 1 amide bonds. The second kappa shape index (κ2) is 10.7. The van der Waals surface area contributed by atoms with Crippen molar-refractivity contribution in [1.29, 1.82) is 0 Å². The van der Waals surface area contributed by atoms with E-state index >= 15 is 0 Å².